The van der Waals surface area contributed by atoms with E-state index >= 15 is 0 Å². The van der Waals surface area contributed by atoms with Crippen molar-refractivity contribution in [3.63, 3.8) is 0 Å². The van der Waals surface area contributed by atoms with Gasteiger partial charge in [-0.3, -0.25) is 0 Å². The van der Waals surface area contributed by atoms with Gasteiger partial charge in [-0.2, -0.15) is 0 Å². The smallest absolute Gasteiger partial charge is 0.0849 e. The normalized spacial score (nSPS) is 26.9. The molecule has 1 aliphatic rings. The van der Waals surface area contributed by atoms with Crippen molar-refractivity contribution >= 4 is 15.9 Å². The maximum absolute atomic E-state index is 5.90. The predicted octanol–water partition coefficient (Wildman–Crippen LogP) is 3.28. The highest BCUT2D eigenvalue weighted by molar-refractivity contribution is 9.10. The molecule has 0 spiro atoms. The topological polar surface area (TPSA) is 21.3 Å². The van der Waals surface area contributed by atoms with E-state index in [1.807, 2.05) is 7.05 Å². The third-order valence-corrected chi connectivity index (χ3v) is 3.88. The van der Waals surface area contributed by atoms with Gasteiger partial charge in [0, 0.05) is 11.1 Å². The molecule has 0 saturated carbocycles. The zero-order valence-corrected chi connectivity index (χ0v) is 11.4. The Hall–Kier alpha value is -0.380. The van der Waals surface area contributed by atoms with Crippen LogP contribution in [0, 0.1) is 0 Å². The summed E-state index contributed by atoms with van der Waals surface area (Å²) in [7, 11) is 2.00. The van der Waals surface area contributed by atoms with Crippen molar-refractivity contribution in [1.82, 2.24) is 5.32 Å². The Labute approximate surface area is 106 Å². The summed E-state index contributed by atoms with van der Waals surface area (Å²) in [5, 5.41) is 3.38. The van der Waals surface area contributed by atoms with Crippen molar-refractivity contribution in [3.05, 3.63) is 34.3 Å². The Morgan fingerprint density at radius 2 is 2.06 bits per heavy atom. The van der Waals surface area contributed by atoms with Crippen molar-refractivity contribution in [1.29, 1.82) is 0 Å². The van der Waals surface area contributed by atoms with E-state index in [2.05, 4.69) is 52.4 Å². The van der Waals surface area contributed by atoms with Crippen LogP contribution in [-0.2, 0) is 4.74 Å². The Bertz CT molecular complexity index is 343. The van der Waals surface area contributed by atoms with E-state index in [1.165, 1.54) is 5.56 Å². The van der Waals surface area contributed by atoms with Crippen LogP contribution >= 0.6 is 15.9 Å². The van der Waals surface area contributed by atoms with Gasteiger partial charge >= 0.3 is 0 Å². The van der Waals surface area contributed by atoms with Crippen LogP contribution in [-0.4, -0.2) is 19.3 Å². The minimum Gasteiger partial charge on any atom is -0.373 e. The summed E-state index contributed by atoms with van der Waals surface area (Å²) in [6.07, 6.45) is 2.28. The Kier molecular flexibility index (Phi) is 3.67. The van der Waals surface area contributed by atoms with Crippen LogP contribution in [0.25, 0.3) is 0 Å². The molecule has 0 amide bonds. The van der Waals surface area contributed by atoms with Gasteiger partial charge in [0.2, 0.25) is 0 Å². The van der Waals surface area contributed by atoms with E-state index in [9.17, 15) is 0 Å². The third kappa shape index (κ3) is 2.31. The quantitative estimate of drug-likeness (QED) is 0.919. The van der Waals surface area contributed by atoms with Gasteiger partial charge in [-0.05, 0) is 44.5 Å². The summed E-state index contributed by atoms with van der Waals surface area (Å²) in [6, 6.07) is 8.73. The summed E-state index contributed by atoms with van der Waals surface area (Å²) in [4.78, 5) is 0. The second-order valence-electron chi connectivity index (χ2n) is 4.54. The fourth-order valence-electron chi connectivity index (χ4n) is 2.51. The molecule has 2 unspecified atom stereocenters. The zero-order valence-electron chi connectivity index (χ0n) is 9.79. The molecule has 16 heavy (non-hydrogen) atoms. The number of hydrogen-bond donors (Lipinski definition) is 1. The van der Waals surface area contributed by atoms with Crippen LogP contribution in [0.5, 0.6) is 0 Å². The molecule has 0 aromatic heterocycles. The monoisotopic (exact) mass is 283 g/mol. The van der Waals surface area contributed by atoms with Crippen molar-refractivity contribution in [2.75, 3.05) is 13.7 Å². The minimum atomic E-state index is -0.0669. The molecule has 88 valence electrons. The lowest BCUT2D eigenvalue weighted by Gasteiger charge is -2.33. The van der Waals surface area contributed by atoms with Crippen molar-refractivity contribution in [2.24, 2.45) is 0 Å². The molecule has 2 nitrogen and oxygen atoms in total. The van der Waals surface area contributed by atoms with E-state index in [4.69, 9.17) is 4.74 Å². The molecule has 1 N–H and O–H groups in total. The Balaban J connectivity index is 2.25. The first-order valence-corrected chi connectivity index (χ1v) is 6.52. The first-order valence-electron chi connectivity index (χ1n) is 5.72. The highest BCUT2D eigenvalue weighted by Crippen LogP contribution is 2.37. The van der Waals surface area contributed by atoms with E-state index < -0.39 is 0 Å². The van der Waals surface area contributed by atoms with Crippen LogP contribution in [0.1, 0.15) is 31.4 Å². The highest BCUT2D eigenvalue weighted by atomic mass is 79.9. The number of halogens is 1. The van der Waals surface area contributed by atoms with Crippen LogP contribution in [0.4, 0.5) is 0 Å². The van der Waals surface area contributed by atoms with Gasteiger partial charge in [-0.25, -0.2) is 0 Å². The van der Waals surface area contributed by atoms with Gasteiger partial charge < -0.3 is 10.1 Å². The molecule has 1 aromatic rings. The molecule has 0 radical (unpaired) electrons. The zero-order chi connectivity index (χ0) is 11.6. The lowest BCUT2D eigenvalue weighted by atomic mass is 9.88. The Morgan fingerprint density at radius 3 is 2.56 bits per heavy atom. The van der Waals surface area contributed by atoms with E-state index in [0.717, 1.165) is 23.9 Å². The van der Waals surface area contributed by atoms with E-state index in [0.29, 0.717) is 0 Å². The highest BCUT2D eigenvalue weighted by Gasteiger charge is 2.38. The number of rotatable bonds is 3. The maximum Gasteiger partial charge on any atom is 0.0849 e. The molecule has 1 aliphatic heterocycles. The summed E-state index contributed by atoms with van der Waals surface area (Å²) >= 11 is 3.46. The average Bonchev–Trinajstić information content (AvgIpc) is 2.70. The average molecular weight is 284 g/mol. The molecular formula is C13H18BrNO. The van der Waals surface area contributed by atoms with Crippen molar-refractivity contribution < 1.29 is 4.74 Å². The SMILES string of the molecule is CNC(c1ccc(Br)cc1)C1(C)CCCO1. The predicted molar refractivity (Wildman–Crippen MR) is 69.5 cm³/mol. The third-order valence-electron chi connectivity index (χ3n) is 3.35. The standard InChI is InChI=1S/C13H18BrNO/c1-13(8-3-9-16-13)12(15-2)10-4-6-11(14)7-5-10/h4-7,12,15H,3,8-9H2,1-2H3. The molecule has 1 fully saturated rings. The molecule has 3 heteroatoms. The van der Waals surface area contributed by atoms with Crippen LogP contribution in [0.2, 0.25) is 0 Å². The van der Waals surface area contributed by atoms with E-state index in [1.54, 1.807) is 0 Å². The largest absolute Gasteiger partial charge is 0.373 e. The number of benzene rings is 1. The molecule has 0 aliphatic carbocycles. The van der Waals surface area contributed by atoms with Crippen molar-refractivity contribution in [2.45, 2.75) is 31.4 Å². The van der Waals surface area contributed by atoms with Gasteiger partial charge in [-0.15, -0.1) is 0 Å². The summed E-state index contributed by atoms with van der Waals surface area (Å²) in [5.41, 5.74) is 1.22. The molecule has 2 rings (SSSR count). The molecule has 1 saturated heterocycles. The number of hydrogen-bond acceptors (Lipinski definition) is 2. The van der Waals surface area contributed by atoms with Crippen LogP contribution in [0.15, 0.2) is 28.7 Å². The first kappa shape index (κ1) is 12.1. The molecule has 2 atom stereocenters. The number of nitrogens with one attached hydrogen (secondary N) is 1. The van der Waals surface area contributed by atoms with E-state index in [-0.39, 0.29) is 11.6 Å². The van der Waals surface area contributed by atoms with Gasteiger partial charge in [0.25, 0.3) is 0 Å². The lowest BCUT2D eigenvalue weighted by molar-refractivity contribution is -0.0104. The van der Waals surface area contributed by atoms with Gasteiger partial charge in [0.05, 0.1) is 11.6 Å². The van der Waals surface area contributed by atoms with Crippen molar-refractivity contribution in [3.8, 4) is 0 Å². The minimum absolute atomic E-state index is 0.0669. The summed E-state index contributed by atoms with van der Waals surface area (Å²) in [6.45, 7) is 3.08. The molecular weight excluding hydrogens is 266 g/mol. The molecule has 0 bridgehead atoms. The van der Waals surface area contributed by atoms with Crippen LogP contribution < -0.4 is 5.32 Å². The fraction of sp³-hybridized carbons (Fsp3) is 0.538. The van der Waals surface area contributed by atoms with Crippen LogP contribution in [0.3, 0.4) is 0 Å². The second kappa shape index (κ2) is 4.86. The Morgan fingerprint density at radius 1 is 1.38 bits per heavy atom. The number of likely N-dealkylation sites (N-methyl/N-ethyl adjacent to an activating group) is 1. The summed E-state index contributed by atoms with van der Waals surface area (Å²) < 4.78 is 7.02. The van der Waals surface area contributed by atoms with Gasteiger partial charge in [0.15, 0.2) is 0 Å². The fourth-order valence-corrected chi connectivity index (χ4v) is 2.77. The second-order valence-corrected chi connectivity index (χ2v) is 5.45. The summed E-state index contributed by atoms with van der Waals surface area (Å²) in [5.74, 6) is 0. The molecule has 1 aromatic carbocycles. The van der Waals surface area contributed by atoms with Gasteiger partial charge in [-0.1, -0.05) is 28.1 Å². The molecule has 1 heterocycles. The van der Waals surface area contributed by atoms with Gasteiger partial charge in [0.1, 0.15) is 0 Å². The maximum atomic E-state index is 5.90. The first-order chi connectivity index (χ1) is 7.65. The number of ether oxygens (including phenoxy) is 1. The lowest BCUT2D eigenvalue weighted by Crippen LogP contribution is -2.39.